The number of nitrogens with zero attached hydrogens (tertiary/aromatic N) is 1. The van der Waals surface area contributed by atoms with Gasteiger partial charge in [0.1, 0.15) is 0 Å². The topological polar surface area (TPSA) is 27.0 Å². The number of hydrogen-bond donors (Lipinski definition) is 0. The van der Waals surface area contributed by atoms with Crippen molar-refractivity contribution in [2.75, 3.05) is 0 Å². The Morgan fingerprint density at radius 2 is 2.57 bits per heavy atom. The fourth-order valence-corrected chi connectivity index (χ4v) is 0.299. The summed E-state index contributed by atoms with van der Waals surface area (Å²) in [6.07, 6.45) is 2.54. The Bertz CT molecular complexity index is 140. The fraction of sp³-hybridized carbons (Fsp3) is 0. The van der Waals surface area contributed by atoms with Crippen molar-refractivity contribution in [3.8, 4) is 0 Å². The molecule has 0 unspecified atom stereocenters. The van der Waals surface area contributed by atoms with Crippen molar-refractivity contribution in [3.63, 3.8) is 0 Å². The van der Waals surface area contributed by atoms with Crippen LogP contribution in [0.5, 0.6) is 0 Å². The van der Waals surface area contributed by atoms with Crippen LogP contribution in [0.1, 0.15) is 0 Å². The van der Waals surface area contributed by atoms with Gasteiger partial charge in [-0.05, 0) is 5.10 Å². The van der Waals surface area contributed by atoms with Crippen molar-refractivity contribution in [1.29, 1.82) is 0 Å². The van der Waals surface area contributed by atoms with Gasteiger partial charge in [-0.25, -0.2) is 4.39 Å². The summed E-state index contributed by atoms with van der Waals surface area (Å²) in [4.78, 5) is 0. The van der Waals surface area contributed by atoms with Gasteiger partial charge in [0, 0.05) is 6.07 Å². The van der Waals surface area contributed by atoms with Gasteiger partial charge in [-0.1, -0.05) is 0 Å². The van der Waals surface area contributed by atoms with E-state index in [9.17, 15) is 4.39 Å². The second-order valence-electron chi connectivity index (χ2n) is 1.10. The molecule has 1 aromatic heterocycles. The number of aromatic nitrogens is 2. The molecule has 1 aromatic rings. The van der Waals surface area contributed by atoms with E-state index in [2.05, 4.69) is 10.2 Å². The molecule has 0 saturated heterocycles. The number of nitrogens with one attached hydrogen (secondary N) is 1. The molecular weight excluding hydrogens is 95.1 g/mol. The molecule has 0 aromatic carbocycles. The number of rotatable bonds is 0. The normalized spacial score (nSPS) is 8.71. The molecule has 1 N–H and O–H groups in total. The highest BCUT2D eigenvalue weighted by atomic mass is 19.1. The van der Waals surface area contributed by atoms with Crippen LogP contribution in [0.2, 0.25) is 0 Å². The third kappa shape index (κ3) is 0.924. The van der Waals surface area contributed by atoms with Crippen LogP contribution in [0, 0.1) is 5.82 Å². The summed E-state index contributed by atoms with van der Waals surface area (Å²) in [5.74, 6) is -0.296. The molecule has 2 nitrogen and oxygen atoms in total. The second kappa shape index (κ2) is 1.64. The van der Waals surface area contributed by atoms with Gasteiger partial charge >= 0.3 is 0 Å². The predicted octanol–water partition coefficient (Wildman–Crippen LogP) is 0.0348. The molecule has 7 heavy (non-hydrogen) atoms. The summed E-state index contributed by atoms with van der Waals surface area (Å²) >= 11 is 0. The molecule has 1 heterocycles. The fourth-order valence-electron chi connectivity index (χ4n) is 0.299. The molecule has 0 bridgehead atoms. The number of aromatic amines is 1. The van der Waals surface area contributed by atoms with Crippen molar-refractivity contribution in [2.24, 2.45) is 0 Å². The Labute approximate surface area is 40.0 Å². The van der Waals surface area contributed by atoms with Crippen molar-refractivity contribution in [2.45, 2.75) is 0 Å². The third-order valence-electron chi connectivity index (χ3n) is 0.585. The Morgan fingerprint density at radius 1 is 1.71 bits per heavy atom. The molecule has 0 aliphatic carbocycles. The van der Waals surface area contributed by atoms with E-state index in [0.29, 0.717) is 0 Å². The average molecular weight is 99.1 g/mol. The maximum atomic E-state index is 11.8. The molecule has 0 aliphatic rings. The number of halogens is 1. The van der Waals surface area contributed by atoms with Crippen LogP contribution in [0.4, 0.5) is 4.39 Å². The SMILES string of the molecule is Fc1ccn[nH+]c1. The van der Waals surface area contributed by atoms with E-state index in [1.165, 1.54) is 18.5 Å². The van der Waals surface area contributed by atoms with Gasteiger partial charge in [0.25, 0.3) is 0 Å². The minimum atomic E-state index is -0.296. The van der Waals surface area contributed by atoms with E-state index < -0.39 is 0 Å². The first-order valence-electron chi connectivity index (χ1n) is 1.87. The lowest BCUT2D eigenvalue weighted by Gasteiger charge is -1.70. The smallest absolute Gasteiger partial charge is 0.200 e. The predicted molar refractivity (Wildman–Crippen MR) is 20.8 cm³/mol. The molecular formula is C4H4FN2+. The first-order chi connectivity index (χ1) is 3.39. The van der Waals surface area contributed by atoms with Crippen molar-refractivity contribution < 1.29 is 9.49 Å². The Hall–Kier alpha value is -0.990. The molecule has 0 fully saturated rings. The molecule has 0 atom stereocenters. The van der Waals surface area contributed by atoms with Gasteiger partial charge in [0.2, 0.25) is 6.20 Å². The lowest BCUT2D eigenvalue weighted by molar-refractivity contribution is -0.457. The van der Waals surface area contributed by atoms with Crippen LogP contribution in [0.3, 0.4) is 0 Å². The molecule has 1 rings (SSSR count). The van der Waals surface area contributed by atoms with Crippen molar-refractivity contribution in [1.82, 2.24) is 5.10 Å². The van der Waals surface area contributed by atoms with E-state index in [1.54, 1.807) is 0 Å². The highest BCUT2D eigenvalue weighted by Crippen LogP contribution is 1.82. The third-order valence-corrected chi connectivity index (χ3v) is 0.585. The van der Waals surface area contributed by atoms with Gasteiger partial charge in [-0.2, -0.15) is 0 Å². The van der Waals surface area contributed by atoms with Crippen molar-refractivity contribution in [3.05, 3.63) is 24.3 Å². The van der Waals surface area contributed by atoms with Crippen LogP contribution in [-0.2, 0) is 0 Å². The van der Waals surface area contributed by atoms with E-state index in [0.717, 1.165) is 0 Å². The number of hydrogen-bond acceptors (Lipinski definition) is 1. The van der Waals surface area contributed by atoms with Gasteiger partial charge in [-0.3, -0.25) is 0 Å². The van der Waals surface area contributed by atoms with E-state index in [1.807, 2.05) is 0 Å². The lowest BCUT2D eigenvalue weighted by atomic mass is 10.6. The summed E-state index contributed by atoms with van der Waals surface area (Å²) in [5.41, 5.74) is 0. The first-order valence-corrected chi connectivity index (χ1v) is 1.87. The van der Waals surface area contributed by atoms with Gasteiger partial charge < -0.3 is 0 Å². The Balaban J connectivity index is 3.02. The largest absolute Gasteiger partial charge is 0.229 e. The van der Waals surface area contributed by atoms with E-state index in [-0.39, 0.29) is 5.82 Å². The highest BCUT2D eigenvalue weighted by Gasteiger charge is 1.85. The van der Waals surface area contributed by atoms with E-state index in [4.69, 9.17) is 0 Å². The van der Waals surface area contributed by atoms with Crippen LogP contribution in [0.25, 0.3) is 0 Å². The average Bonchev–Trinajstić information content (AvgIpc) is 1.69. The van der Waals surface area contributed by atoms with Gasteiger partial charge in [0.15, 0.2) is 5.82 Å². The summed E-state index contributed by atoms with van der Waals surface area (Å²) < 4.78 is 11.8. The minimum Gasteiger partial charge on any atom is -0.200 e. The summed E-state index contributed by atoms with van der Waals surface area (Å²) in [7, 11) is 0. The summed E-state index contributed by atoms with van der Waals surface area (Å²) in [6, 6.07) is 1.27. The summed E-state index contributed by atoms with van der Waals surface area (Å²) in [6.45, 7) is 0. The molecule has 0 spiro atoms. The molecule has 36 valence electrons. The zero-order chi connectivity index (χ0) is 5.11. The van der Waals surface area contributed by atoms with Crippen LogP contribution < -0.4 is 5.10 Å². The van der Waals surface area contributed by atoms with Crippen LogP contribution in [0.15, 0.2) is 18.5 Å². The van der Waals surface area contributed by atoms with Gasteiger partial charge in [-0.15, -0.1) is 5.10 Å². The van der Waals surface area contributed by atoms with Gasteiger partial charge in [0.05, 0.1) is 6.20 Å². The van der Waals surface area contributed by atoms with E-state index >= 15 is 0 Å². The maximum absolute atomic E-state index is 11.8. The van der Waals surface area contributed by atoms with Crippen LogP contribution in [-0.4, -0.2) is 5.10 Å². The zero-order valence-electron chi connectivity index (χ0n) is 3.56. The lowest BCUT2D eigenvalue weighted by Crippen LogP contribution is -2.05. The number of H-pyrrole nitrogens is 1. The first kappa shape index (κ1) is 4.18. The second-order valence-corrected chi connectivity index (χ2v) is 1.10. The Morgan fingerprint density at radius 3 is 2.86 bits per heavy atom. The molecule has 0 saturated carbocycles. The quantitative estimate of drug-likeness (QED) is 0.451. The molecule has 0 radical (unpaired) electrons. The monoisotopic (exact) mass is 99.0 g/mol. The molecule has 0 aliphatic heterocycles. The molecule has 0 amide bonds. The summed E-state index contributed by atoms with van der Waals surface area (Å²) in [5, 5.41) is 5.82. The standard InChI is InChI=1S/C4H3FN2/c5-4-1-2-6-7-3-4/h1-3H/p+1. The maximum Gasteiger partial charge on any atom is 0.229 e. The highest BCUT2D eigenvalue weighted by molar-refractivity contribution is 4.81. The Kier molecular flexibility index (Phi) is 0.978. The molecule has 3 heteroatoms. The zero-order valence-corrected chi connectivity index (χ0v) is 3.56. The minimum absolute atomic E-state index is 0.296. The van der Waals surface area contributed by atoms with Crippen LogP contribution >= 0.6 is 0 Å². The van der Waals surface area contributed by atoms with Crippen molar-refractivity contribution >= 4 is 0 Å².